The van der Waals surface area contributed by atoms with E-state index >= 15 is 0 Å². The van der Waals surface area contributed by atoms with Gasteiger partial charge in [0.15, 0.2) is 0 Å². The van der Waals surface area contributed by atoms with Gasteiger partial charge in [0.2, 0.25) is 5.91 Å². The number of phenolic OH excluding ortho intramolecular Hbond substituents is 1. The number of phenols is 1. The molecule has 0 spiro atoms. The quantitative estimate of drug-likeness (QED) is 0.840. The Hall–Kier alpha value is -1.55. The van der Waals surface area contributed by atoms with Crippen LogP contribution in [-0.4, -0.2) is 35.0 Å². The minimum atomic E-state index is -0.125. The summed E-state index contributed by atoms with van der Waals surface area (Å²) in [4.78, 5) is 15.1. The number of carbonyl (C=O) groups excluding carboxylic acids is 1. The Bertz CT molecular complexity index is 623. The van der Waals surface area contributed by atoms with Crippen LogP contribution in [0.5, 0.6) is 5.75 Å². The molecule has 1 aliphatic carbocycles. The van der Waals surface area contributed by atoms with Gasteiger partial charge in [-0.1, -0.05) is 52.0 Å². The summed E-state index contributed by atoms with van der Waals surface area (Å²) in [6.07, 6.45) is 8.53. The number of nitrogens with zero attached hydrogens (tertiary/aromatic N) is 1. The Morgan fingerprint density at radius 3 is 2.65 bits per heavy atom. The van der Waals surface area contributed by atoms with Crippen molar-refractivity contribution in [3.63, 3.8) is 0 Å². The Kier molecular flexibility index (Phi) is 6.23. The number of aromatic hydroxyl groups is 1. The average Bonchev–Trinajstić information content (AvgIpc) is 2.61. The molecule has 1 fully saturated rings. The molecule has 0 aromatic heterocycles. The zero-order chi connectivity index (χ0) is 18.7. The summed E-state index contributed by atoms with van der Waals surface area (Å²) in [6, 6.07) is 5.64. The number of rotatable bonds is 5. The van der Waals surface area contributed by atoms with Crippen LogP contribution >= 0.6 is 0 Å². The van der Waals surface area contributed by atoms with Crippen LogP contribution in [0.3, 0.4) is 0 Å². The van der Waals surface area contributed by atoms with Crippen molar-refractivity contribution in [2.45, 2.75) is 77.4 Å². The van der Waals surface area contributed by atoms with Gasteiger partial charge in [-0.15, -0.1) is 0 Å². The normalized spacial score (nSPS) is 22.8. The molecule has 1 saturated carbocycles. The van der Waals surface area contributed by atoms with Gasteiger partial charge in [-0.2, -0.15) is 0 Å². The van der Waals surface area contributed by atoms with Crippen molar-refractivity contribution in [3.05, 3.63) is 29.3 Å². The van der Waals surface area contributed by atoms with Gasteiger partial charge in [0.1, 0.15) is 5.75 Å². The van der Waals surface area contributed by atoms with E-state index in [1.807, 2.05) is 19.2 Å². The minimum Gasteiger partial charge on any atom is -0.508 e. The third-order valence-electron chi connectivity index (χ3n) is 6.30. The molecule has 2 aliphatic rings. The van der Waals surface area contributed by atoms with Gasteiger partial charge in [-0.3, -0.25) is 9.69 Å². The monoisotopic (exact) mass is 358 g/mol. The molecule has 4 nitrogen and oxygen atoms in total. The molecule has 26 heavy (non-hydrogen) atoms. The Morgan fingerprint density at radius 2 is 1.96 bits per heavy atom. The summed E-state index contributed by atoms with van der Waals surface area (Å²) in [5, 5.41) is 13.1. The van der Waals surface area contributed by atoms with Crippen LogP contribution < -0.4 is 5.32 Å². The van der Waals surface area contributed by atoms with Gasteiger partial charge in [0, 0.05) is 12.6 Å². The summed E-state index contributed by atoms with van der Waals surface area (Å²) in [5.41, 5.74) is 2.30. The fraction of sp³-hybridized carbons (Fsp3) is 0.682. The van der Waals surface area contributed by atoms with E-state index in [0.29, 0.717) is 24.6 Å². The van der Waals surface area contributed by atoms with E-state index < -0.39 is 0 Å². The molecule has 0 bridgehead atoms. The van der Waals surface area contributed by atoms with Crippen LogP contribution in [0, 0.1) is 11.8 Å². The fourth-order valence-corrected chi connectivity index (χ4v) is 4.55. The van der Waals surface area contributed by atoms with Gasteiger partial charge in [-0.05, 0) is 55.0 Å². The zero-order valence-corrected chi connectivity index (χ0v) is 16.5. The number of carbonyl (C=O) groups is 1. The second-order valence-electron chi connectivity index (χ2n) is 8.69. The first kappa shape index (κ1) is 19.2. The number of hydrogen-bond acceptors (Lipinski definition) is 3. The minimum absolute atomic E-state index is 0.125. The van der Waals surface area contributed by atoms with Crippen LogP contribution in [0.4, 0.5) is 0 Å². The highest BCUT2D eigenvalue weighted by Crippen LogP contribution is 2.30. The van der Waals surface area contributed by atoms with Crippen molar-refractivity contribution in [1.29, 1.82) is 0 Å². The van der Waals surface area contributed by atoms with E-state index in [2.05, 4.69) is 24.1 Å². The number of benzene rings is 1. The van der Waals surface area contributed by atoms with Crippen LogP contribution in [-0.2, 0) is 17.8 Å². The molecular weight excluding hydrogens is 324 g/mol. The predicted octanol–water partition coefficient (Wildman–Crippen LogP) is 3.86. The lowest BCUT2D eigenvalue weighted by atomic mass is 9.82. The van der Waals surface area contributed by atoms with Crippen LogP contribution in [0.2, 0.25) is 0 Å². The molecule has 0 saturated heterocycles. The Balaban J connectivity index is 1.64. The first-order valence-electron chi connectivity index (χ1n) is 10.3. The van der Waals surface area contributed by atoms with Crippen molar-refractivity contribution in [3.8, 4) is 5.75 Å². The van der Waals surface area contributed by atoms with Crippen LogP contribution in [0.15, 0.2) is 18.2 Å². The summed E-state index contributed by atoms with van der Waals surface area (Å²) in [7, 11) is 2.00. The zero-order valence-electron chi connectivity index (χ0n) is 16.5. The van der Waals surface area contributed by atoms with Gasteiger partial charge >= 0.3 is 0 Å². The highest BCUT2D eigenvalue weighted by molar-refractivity contribution is 5.82. The molecule has 2 atom stereocenters. The Labute approximate surface area is 158 Å². The first-order valence-corrected chi connectivity index (χ1v) is 10.3. The molecule has 2 N–H and O–H groups in total. The second kappa shape index (κ2) is 8.43. The fourth-order valence-electron chi connectivity index (χ4n) is 4.55. The molecule has 0 radical (unpaired) electrons. The highest BCUT2D eigenvalue weighted by atomic mass is 16.3. The topological polar surface area (TPSA) is 52.6 Å². The maximum atomic E-state index is 13.0. The largest absolute Gasteiger partial charge is 0.508 e. The number of likely N-dealkylation sites (N-methyl/N-ethyl adjacent to an activating group) is 1. The smallest absolute Gasteiger partial charge is 0.237 e. The van der Waals surface area contributed by atoms with E-state index in [9.17, 15) is 9.90 Å². The standard InChI is InChI=1S/C22H34N2O2/c1-15(2)20(11-16-7-5-4-6-8-16)23-22(26)21-13-17-9-10-19(25)12-18(17)14-24(21)3/h9-10,12,15-16,20-21,25H,4-8,11,13-14H2,1-3H3,(H,23,26)/t20?,21-/m1/s1. The van der Waals surface area contributed by atoms with E-state index in [1.54, 1.807) is 6.07 Å². The lowest BCUT2D eigenvalue weighted by Crippen LogP contribution is -2.52. The number of fused-ring (bicyclic) bond motifs is 1. The van der Waals surface area contributed by atoms with Gasteiger partial charge in [-0.25, -0.2) is 0 Å². The second-order valence-corrected chi connectivity index (χ2v) is 8.69. The van der Waals surface area contributed by atoms with E-state index in [-0.39, 0.29) is 18.0 Å². The molecule has 3 rings (SSSR count). The van der Waals surface area contributed by atoms with Crippen molar-refractivity contribution in [2.75, 3.05) is 7.05 Å². The lowest BCUT2D eigenvalue weighted by Gasteiger charge is -2.36. The maximum absolute atomic E-state index is 13.0. The maximum Gasteiger partial charge on any atom is 0.237 e. The molecule has 1 unspecified atom stereocenters. The van der Waals surface area contributed by atoms with E-state index in [1.165, 1.54) is 37.7 Å². The SMILES string of the molecule is CC(C)C(CC1CCCCC1)NC(=O)[C@H]1Cc2ccc(O)cc2CN1C. The number of amides is 1. The molecule has 1 aliphatic heterocycles. The third kappa shape index (κ3) is 4.59. The Morgan fingerprint density at radius 1 is 1.23 bits per heavy atom. The summed E-state index contributed by atoms with van der Waals surface area (Å²) >= 11 is 0. The molecular formula is C22H34N2O2. The van der Waals surface area contributed by atoms with Crippen molar-refractivity contribution in [2.24, 2.45) is 11.8 Å². The average molecular weight is 359 g/mol. The molecule has 1 aromatic carbocycles. The predicted molar refractivity (Wildman–Crippen MR) is 105 cm³/mol. The third-order valence-corrected chi connectivity index (χ3v) is 6.30. The number of hydrogen-bond donors (Lipinski definition) is 2. The lowest BCUT2D eigenvalue weighted by molar-refractivity contribution is -0.127. The molecule has 1 heterocycles. The summed E-state index contributed by atoms with van der Waals surface area (Å²) in [6.45, 7) is 5.14. The van der Waals surface area contributed by atoms with Gasteiger partial charge < -0.3 is 10.4 Å². The van der Waals surface area contributed by atoms with Gasteiger partial charge in [0.05, 0.1) is 6.04 Å². The molecule has 1 amide bonds. The molecule has 4 heteroatoms. The van der Waals surface area contributed by atoms with Crippen LogP contribution in [0.1, 0.15) is 63.5 Å². The summed E-state index contributed by atoms with van der Waals surface area (Å²) < 4.78 is 0. The highest BCUT2D eigenvalue weighted by Gasteiger charge is 2.31. The van der Waals surface area contributed by atoms with Crippen molar-refractivity contribution < 1.29 is 9.90 Å². The van der Waals surface area contributed by atoms with Gasteiger partial charge in [0.25, 0.3) is 0 Å². The number of nitrogens with one attached hydrogen (secondary N) is 1. The molecule has 1 aromatic rings. The van der Waals surface area contributed by atoms with Crippen molar-refractivity contribution >= 4 is 5.91 Å². The summed E-state index contributed by atoms with van der Waals surface area (Å²) in [5.74, 6) is 1.68. The van der Waals surface area contributed by atoms with Crippen LogP contribution in [0.25, 0.3) is 0 Å². The van der Waals surface area contributed by atoms with E-state index in [0.717, 1.165) is 17.9 Å². The van der Waals surface area contributed by atoms with Crippen molar-refractivity contribution in [1.82, 2.24) is 10.2 Å². The first-order chi connectivity index (χ1) is 12.4. The molecule has 144 valence electrons. The van der Waals surface area contributed by atoms with E-state index in [4.69, 9.17) is 0 Å².